The highest BCUT2D eigenvalue weighted by atomic mass is 16.5. The van der Waals surface area contributed by atoms with Gasteiger partial charge in [0, 0.05) is 18.6 Å². The quantitative estimate of drug-likeness (QED) is 0.639. The molecule has 1 heterocycles. The highest BCUT2D eigenvalue weighted by molar-refractivity contribution is 4.85. The molecule has 1 aliphatic rings. The molecule has 0 radical (unpaired) electrons. The molecule has 1 fully saturated rings. The number of ether oxygens (including phenoxy) is 1. The molecule has 0 aliphatic carbocycles. The second-order valence-corrected chi connectivity index (χ2v) is 3.69. The summed E-state index contributed by atoms with van der Waals surface area (Å²) in [6.07, 6.45) is 0. The summed E-state index contributed by atoms with van der Waals surface area (Å²) in [4.78, 5) is 0. The number of morpholine rings is 1. The van der Waals surface area contributed by atoms with E-state index in [9.17, 15) is 0 Å². The van der Waals surface area contributed by atoms with E-state index in [2.05, 4.69) is 24.5 Å². The van der Waals surface area contributed by atoms with Gasteiger partial charge >= 0.3 is 0 Å². The third kappa shape index (κ3) is 2.44. The maximum atomic E-state index is 5.41. The molecule has 0 aromatic carbocycles. The van der Waals surface area contributed by atoms with Gasteiger partial charge in [-0.2, -0.15) is 0 Å². The van der Waals surface area contributed by atoms with Gasteiger partial charge in [-0.1, -0.05) is 13.8 Å². The minimum Gasteiger partial charge on any atom is -0.378 e. The van der Waals surface area contributed by atoms with Crippen molar-refractivity contribution in [1.82, 2.24) is 10.6 Å². The smallest absolute Gasteiger partial charge is 0.0635 e. The van der Waals surface area contributed by atoms with Crippen molar-refractivity contribution in [3.8, 4) is 0 Å². The highest BCUT2D eigenvalue weighted by Crippen LogP contribution is 2.08. The van der Waals surface area contributed by atoms with E-state index in [-0.39, 0.29) is 0 Å². The van der Waals surface area contributed by atoms with E-state index < -0.39 is 0 Å². The average Bonchev–Trinajstić information content (AvgIpc) is 2.07. The summed E-state index contributed by atoms with van der Waals surface area (Å²) in [5.41, 5.74) is 0. The molecule has 1 rings (SSSR count). The Balaban J connectivity index is 2.40. The van der Waals surface area contributed by atoms with Crippen molar-refractivity contribution in [2.75, 3.05) is 26.8 Å². The van der Waals surface area contributed by atoms with Crippen LogP contribution in [0.1, 0.15) is 13.8 Å². The van der Waals surface area contributed by atoms with E-state index in [0.717, 1.165) is 19.8 Å². The number of nitrogens with one attached hydrogen (secondary N) is 2. The normalized spacial score (nSPS) is 27.5. The van der Waals surface area contributed by atoms with Crippen molar-refractivity contribution in [2.45, 2.75) is 25.9 Å². The first-order valence-electron chi connectivity index (χ1n) is 4.74. The van der Waals surface area contributed by atoms with Gasteiger partial charge in [-0.05, 0) is 13.0 Å². The first-order valence-corrected chi connectivity index (χ1v) is 4.74. The van der Waals surface area contributed by atoms with Crippen molar-refractivity contribution in [1.29, 1.82) is 0 Å². The molecule has 1 saturated heterocycles. The fraction of sp³-hybridized carbons (Fsp3) is 1.00. The third-order valence-electron chi connectivity index (χ3n) is 2.44. The number of likely N-dealkylation sites (N-methyl/N-ethyl adjacent to an activating group) is 1. The van der Waals surface area contributed by atoms with Crippen LogP contribution in [0.25, 0.3) is 0 Å². The predicted molar refractivity (Wildman–Crippen MR) is 50.3 cm³/mol. The molecule has 12 heavy (non-hydrogen) atoms. The van der Waals surface area contributed by atoms with Crippen molar-refractivity contribution >= 4 is 0 Å². The first kappa shape index (κ1) is 9.96. The van der Waals surface area contributed by atoms with Gasteiger partial charge in [-0.3, -0.25) is 0 Å². The zero-order valence-corrected chi connectivity index (χ0v) is 8.26. The topological polar surface area (TPSA) is 33.3 Å². The minimum atomic E-state index is 0.476. The molecule has 3 nitrogen and oxygen atoms in total. The Bertz CT molecular complexity index is 122. The van der Waals surface area contributed by atoms with Crippen LogP contribution in [-0.4, -0.2) is 38.9 Å². The number of rotatable bonds is 3. The van der Waals surface area contributed by atoms with E-state index in [1.54, 1.807) is 0 Å². The Labute approximate surface area is 74.9 Å². The molecule has 2 N–H and O–H groups in total. The molecule has 0 aromatic heterocycles. The van der Waals surface area contributed by atoms with E-state index >= 15 is 0 Å². The summed E-state index contributed by atoms with van der Waals surface area (Å²) in [5, 5.41) is 6.79. The third-order valence-corrected chi connectivity index (χ3v) is 2.44. The lowest BCUT2D eigenvalue weighted by Crippen LogP contribution is -2.55. The van der Waals surface area contributed by atoms with Crippen LogP contribution in [0, 0.1) is 5.92 Å². The van der Waals surface area contributed by atoms with Crippen LogP contribution in [-0.2, 0) is 4.74 Å². The molecule has 2 unspecified atom stereocenters. The minimum absolute atomic E-state index is 0.476. The Kier molecular flexibility index (Phi) is 3.98. The lowest BCUT2D eigenvalue weighted by atomic mass is 9.96. The molecular formula is C9H20N2O. The molecule has 0 spiro atoms. The molecule has 2 atom stereocenters. The maximum absolute atomic E-state index is 5.41. The predicted octanol–water partition coefficient (Wildman–Crippen LogP) is 0.219. The molecule has 0 bridgehead atoms. The van der Waals surface area contributed by atoms with Crippen LogP contribution in [0.3, 0.4) is 0 Å². The first-order chi connectivity index (χ1) is 5.75. The van der Waals surface area contributed by atoms with Crippen molar-refractivity contribution < 1.29 is 4.74 Å². The van der Waals surface area contributed by atoms with Gasteiger partial charge in [0.05, 0.1) is 13.2 Å². The monoisotopic (exact) mass is 172 g/mol. The molecule has 72 valence electrons. The van der Waals surface area contributed by atoms with Crippen LogP contribution < -0.4 is 10.6 Å². The number of hydrogen-bond acceptors (Lipinski definition) is 3. The zero-order valence-electron chi connectivity index (χ0n) is 8.26. The average molecular weight is 172 g/mol. The summed E-state index contributed by atoms with van der Waals surface area (Å²) in [6.45, 7) is 7.14. The largest absolute Gasteiger partial charge is 0.378 e. The molecule has 0 amide bonds. The fourth-order valence-corrected chi connectivity index (χ4v) is 1.82. The molecule has 0 saturated carbocycles. The summed E-state index contributed by atoms with van der Waals surface area (Å²) in [7, 11) is 2.01. The standard InChI is InChI=1S/C9H20N2O/c1-7(2)9(10-3)8-6-12-5-4-11-8/h7-11H,4-6H2,1-3H3. The van der Waals surface area contributed by atoms with Crippen LogP contribution in [0.2, 0.25) is 0 Å². The van der Waals surface area contributed by atoms with Crippen molar-refractivity contribution in [3.05, 3.63) is 0 Å². The Morgan fingerprint density at radius 3 is 2.67 bits per heavy atom. The van der Waals surface area contributed by atoms with Gasteiger partial charge in [0.1, 0.15) is 0 Å². The summed E-state index contributed by atoms with van der Waals surface area (Å²) in [5.74, 6) is 0.647. The molecule has 0 aromatic rings. The lowest BCUT2D eigenvalue weighted by molar-refractivity contribution is 0.0581. The van der Waals surface area contributed by atoms with Gasteiger partial charge in [0.2, 0.25) is 0 Å². The SMILES string of the molecule is CNC(C(C)C)C1COCCN1. The van der Waals surface area contributed by atoms with Crippen LogP contribution in [0.5, 0.6) is 0 Å². The zero-order chi connectivity index (χ0) is 8.97. The highest BCUT2D eigenvalue weighted by Gasteiger charge is 2.24. The van der Waals surface area contributed by atoms with Gasteiger partial charge in [0.25, 0.3) is 0 Å². The Hall–Kier alpha value is -0.120. The molecule has 3 heteroatoms. The van der Waals surface area contributed by atoms with Gasteiger partial charge < -0.3 is 15.4 Å². The molecule has 1 aliphatic heterocycles. The lowest BCUT2D eigenvalue weighted by Gasteiger charge is -2.33. The second-order valence-electron chi connectivity index (χ2n) is 3.69. The van der Waals surface area contributed by atoms with Gasteiger partial charge in [0.15, 0.2) is 0 Å². The summed E-state index contributed by atoms with van der Waals surface area (Å²) in [6, 6.07) is 0.994. The van der Waals surface area contributed by atoms with E-state index in [0.29, 0.717) is 18.0 Å². The summed E-state index contributed by atoms with van der Waals surface area (Å²) < 4.78 is 5.41. The fourth-order valence-electron chi connectivity index (χ4n) is 1.82. The van der Waals surface area contributed by atoms with Gasteiger partial charge in [-0.25, -0.2) is 0 Å². The van der Waals surface area contributed by atoms with E-state index in [1.165, 1.54) is 0 Å². The van der Waals surface area contributed by atoms with E-state index in [1.807, 2.05) is 7.05 Å². The van der Waals surface area contributed by atoms with Gasteiger partial charge in [-0.15, -0.1) is 0 Å². The number of hydrogen-bond donors (Lipinski definition) is 2. The Morgan fingerprint density at radius 2 is 2.25 bits per heavy atom. The van der Waals surface area contributed by atoms with Crippen LogP contribution >= 0.6 is 0 Å². The second kappa shape index (κ2) is 4.80. The van der Waals surface area contributed by atoms with Crippen molar-refractivity contribution in [3.63, 3.8) is 0 Å². The molecular weight excluding hydrogens is 152 g/mol. The van der Waals surface area contributed by atoms with Crippen LogP contribution in [0.15, 0.2) is 0 Å². The maximum Gasteiger partial charge on any atom is 0.0635 e. The Morgan fingerprint density at radius 1 is 1.50 bits per heavy atom. The summed E-state index contributed by atoms with van der Waals surface area (Å²) >= 11 is 0. The van der Waals surface area contributed by atoms with E-state index in [4.69, 9.17) is 4.74 Å². The van der Waals surface area contributed by atoms with Crippen LogP contribution in [0.4, 0.5) is 0 Å². The van der Waals surface area contributed by atoms with Crippen molar-refractivity contribution in [2.24, 2.45) is 5.92 Å².